The van der Waals surface area contributed by atoms with Gasteiger partial charge in [0.15, 0.2) is 0 Å². The second-order valence-electron chi connectivity index (χ2n) is 6.05. The van der Waals surface area contributed by atoms with Crippen molar-refractivity contribution in [2.75, 3.05) is 42.2 Å². The number of para-hydroxylation sites is 1. The normalized spacial score (nSPS) is 17.7. The largest absolute Gasteiger partial charge is 0.371 e. The van der Waals surface area contributed by atoms with Gasteiger partial charge in [0.1, 0.15) is 5.82 Å². The van der Waals surface area contributed by atoms with Crippen LogP contribution in [0.5, 0.6) is 0 Å². The summed E-state index contributed by atoms with van der Waals surface area (Å²) < 4.78 is 0. The first kappa shape index (κ1) is 14.6. The summed E-state index contributed by atoms with van der Waals surface area (Å²) >= 11 is 0. The quantitative estimate of drug-likeness (QED) is 0.938. The van der Waals surface area contributed by atoms with Gasteiger partial charge in [-0.15, -0.1) is 0 Å². The van der Waals surface area contributed by atoms with Crippen molar-refractivity contribution in [1.29, 1.82) is 0 Å². The summed E-state index contributed by atoms with van der Waals surface area (Å²) in [7, 11) is 2.08. The fourth-order valence-corrected chi connectivity index (χ4v) is 3.16. The highest BCUT2D eigenvalue weighted by molar-refractivity contribution is 5.49. The van der Waals surface area contributed by atoms with Crippen LogP contribution in [-0.2, 0) is 0 Å². The van der Waals surface area contributed by atoms with Crippen molar-refractivity contribution in [1.82, 2.24) is 9.97 Å². The highest BCUT2D eigenvalue weighted by atomic mass is 15.2. The highest BCUT2D eigenvalue weighted by Crippen LogP contribution is 2.25. The molecule has 116 valence electrons. The van der Waals surface area contributed by atoms with Crippen LogP contribution < -0.4 is 15.5 Å². The summed E-state index contributed by atoms with van der Waals surface area (Å²) in [6.45, 7) is 5.22. The Labute approximate surface area is 131 Å². The Bertz CT molecular complexity index is 628. The van der Waals surface area contributed by atoms with Crippen molar-refractivity contribution in [3.63, 3.8) is 0 Å². The van der Waals surface area contributed by atoms with Crippen molar-refractivity contribution < 1.29 is 0 Å². The van der Waals surface area contributed by atoms with E-state index in [-0.39, 0.29) is 0 Å². The molecule has 0 radical (unpaired) electrons. The third-order valence-electron chi connectivity index (χ3n) is 4.26. The first-order chi connectivity index (χ1) is 10.6. The van der Waals surface area contributed by atoms with Crippen molar-refractivity contribution in [2.45, 2.75) is 13.3 Å². The lowest BCUT2D eigenvalue weighted by atomic mass is 10.1. The van der Waals surface area contributed by atoms with Crippen molar-refractivity contribution in [3.8, 4) is 0 Å². The summed E-state index contributed by atoms with van der Waals surface area (Å²) in [5.74, 6) is 1.91. The van der Waals surface area contributed by atoms with Crippen LogP contribution in [0.2, 0.25) is 0 Å². The summed E-state index contributed by atoms with van der Waals surface area (Å²) in [5, 5.41) is 0. The number of hydrogen-bond donors (Lipinski definition) is 1. The molecule has 5 nitrogen and oxygen atoms in total. The van der Waals surface area contributed by atoms with Crippen LogP contribution in [0.15, 0.2) is 36.5 Å². The molecular weight excluding hydrogens is 274 g/mol. The van der Waals surface area contributed by atoms with Gasteiger partial charge in [0, 0.05) is 44.1 Å². The molecule has 2 heterocycles. The SMILES string of the molecule is Cc1cnc(N)nc1N(C)C[C@H]1CCN(c2ccccc2)C1. The average molecular weight is 297 g/mol. The van der Waals surface area contributed by atoms with E-state index in [0.29, 0.717) is 11.9 Å². The molecular formula is C17H23N5. The van der Waals surface area contributed by atoms with Gasteiger partial charge in [0.25, 0.3) is 0 Å². The fourth-order valence-electron chi connectivity index (χ4n) is 3.16. The molecule has 22 heavy (non-hydrogen) atoms. The predicted molar refractivity (Wildman–Crippen MR) is 91.2 cm³/mol. The van der Waals surface area contributed by atoms with E-state index in [1.807, 2.05) is 6.92 Å². The molecule has 0 spiro atoms. The molecule has 5 heteroatoms. The number of aryl methyl sites for hydroxylation is 1. The van der Waals surface area contributed by atoms with Gasteiger partial charge >= 0.3 is 0 Å². The van der Waals surface area contributed by atoms with E-state index >= 15 is 0 Å². The molecule has 1 aliphatic heterocycles. The zero-order valence-electron chi connectivity index (χ0n) is 13.2. The van der Waals surface area contributed by atoms with Crippen molar-refractivity contribution in [2.24, 2.45) is 5.92 Å². The molecule has 0 amide bonds. The number of anilines is 3. The third-order valence-corrected chi connectivity index (χ3v) is 4.26. The van der Waals surface area contributed by atoms with Gasteiger partial charge in [-0.25, -0.2) is 4.98 Å². The first-order valence-electron chi connectivity index (χ1n) is 7.73. The zero-order valence-corrected chi connectivity index (χ0v) is 13.2. The molecule has 1 fully saturated rings. The van der Waals surface area contributed by atoms with Crippen LogP contribution in [0.4, 0.5) is 17.5 Å². The van der Waals surface area contributed by atoms with Crippen molar-refractivity contribution in [3.05, 3.63) is 42.1 Å². The Morgan fingerprint density at radius 1 is 1.32 bits per heavy atom. The Kier molecular flexibility index (Phi) is 4.13. The second-order valence-corrected chi connectivity index (χ2v) is 6.05. The minimum Gasteiger partial charge on any atom is -0.371 e. The van der Waals surface area contributed by atoms with E-state index in [1.54, 1.807) is 6.20 Å². The lowest BCUT2D eigenvalue weighted by Crippen LogP contribution is -2.29. The standard InChI is InChI=1S/C17H23N5/c1-13-10-19-17(18)20-16(13)21(2)11-14-8-9-22(12-14)15-6-4-3-5-7-15/h3-7,10,14H,8-9,11-12H2,1-2H3,(H2,18,19,20)/t14-/m1/s1. The maximum absolute atomic E-state index is 5.71. The number of benzene rings is 1. The van der Waals surface area contributed by atoms with Crippen molar-refractivity contribution >= 4 is 17.5 Å². The summed E-state index contributed by atoms with van der Waals surface area (Å²) in [6.07, 6.45) is 3.00. The predicted octanol–water partition coefficient (Wildman–Crippen LogP) is 2.33. The third kappa shape index (κ3) is 3.13. The topological polar surface area (TPSA) is 58.3 Å². The van der Waals surface area contributed by atoms with Crippen LogP contribution in [-0.4, -0.2) is 36.6 Å². The molecule has 0 unspecified atom stereocenters. The molecule has 1 atom stereocenters. The molecule has 0 bridgehead atoms. The second kappa shape index (κ2) is 6.22. The maximum atomic E-state index is 5.71. The lowest BCUT2D eigenvalue weighted by molar-refractivity contribution is 0.581. The van der Waals surface area contributed by atoms with Crippen LogP contribution >= 0.6 is 0 Å². The van der Waals surface area contributed by atoms with Gasteiger partial charge in [-0.3, -0.25) is 0 Å². The van der Waals surface area contributed by atoms with Crippen LogP contribution in [0.1, 0.15) is 12.0 Å². The van der Waals surface area contributed by atoms with E-state index in [4.69, 9.17) is 5.73 Å². The van der Waals surface area contributed by atoms with E-state index in [9.17, 15) is 0 Å². The highest BCUT2D eigenvalue weighted by Gasteiger charge is 2.24. The van der Waals surface area contributed by atoms with Gasteiger partial charge in [0.05, 0.1) is 0 Å². The van der Waals surface area contributed by atoms with Gasteiger partial charge in [-0.2, -0.15) is 4.98 Å². The molecule has 3 rings (SSSR count). The molecule has 1 saturated heterocycles. The number of nitrogen functional groups attached to an aromatic ring is 1. The fraction of sp³-hybridized carbons (Fsp3) is 0.412. The minimum absolute atomic E-state index is 0.338. The average Bonchev–Trinajstić information content (AvgIpc) is 2.99. The smallest absolute Gasteiger partial charge is 0.221 e. The molecule has 0 aliphatic carbocycles. The zero-order chi connectivity index (χ0) is 15.5. The molecule has 0 saturated carbocycles. The summed E-state index contributed by atoms with van der Waals surface area (Å²) in [4.78, 5) is 13.1. The summed E-state index contributed by atoms with van der Waals surface area (Å²) in [6, 6.07) is 10.6. The Balaban J connectivity index is 1.63. The molecule has 2 N–H and O–H groups in total. The Morgan fingerprint density at radius 3 is 2.86 bits per heavy atom. The van der Waals surface area contributed by atoms with Gasteiger partial charge in [-0.05, 0) is 31.4 Å². The number of nitrogens with zero attached hydrogens (tertiary/aromatic N) is 4. The van der Waals surface area contributed by atoms with E-state index in [0.717, 1.165) is 31.0 Å². The van der Waals surface area contributed by atoms with Crippen LogP contribution in [0.3, 0.4) is 0 Å². The molecule has 1 aliphatic rings. The van der Waals surface area contributed by atoms with E-state index < -0.39 is 0 Å². The number of hydrogen-bond acceptors (Lipinski definition) is 5. The van der Waals surface area contributed by atoms with E-state index in [1.165, 1.54) is 12.1 Å². The number of rotatable bonds is 4. The molecule has 2 aromatic rings. The maximum Gasteiger partial charge on any atom is 0.221 e. The van der Waals surface area contributed by atoms with Gasteiger partial charge in [-0.1, -0.05) is 18.2 Å². The van der Waals surface area contributed by atoms with E-state index in [2.05, 4.69) is 57.1 Å². The lowest BCUT2D eigenvalue weighted by Gasteiger charge is -2.24. The van der Waals surface area contributed by atoms with Crippen LogP contribution in [0, 0.1) is 12.8 Å². The Morgan fingerprint density at radius 2 is 2.09 bits per heavy atom. The number of aromatic nitrogens is 2. The molecule has 1 aromatic carbocycles. The Hall–Kier alpha value is -2.30. The van der Waals surface area contributed by atoms with Gasteiger partial charge < -0.3 is 15.5 Å². The number of nitrogens with two attached hydrogens (primary N) is 1. The summed E-state index contributed by atoms with van der Waals surface area (Å²) in [5.41, 5.74) is 8.09. The van der Waals surface area contributed by atoms with Gasteiger partial charge in [0.2, 0.25) is 5.95 Å². The van der Waals surface area contributed by atoms with Crippen LogP contribution in [0.25, 0.3) is 0 Å². The molecule has 1 aromatic heterocycles. The first-order valence-corrected chi connectivity index (χ1v) is 7.73. The monoisotopic (exact) mass is 297 g/mol. The minimum atomic E-state index is 0.338.